The topological polar surface area (TPSA) is 42.0 Å². The summed E-state index contributed by atoms with van der Waals surface area (Å²) in [6.45, 7) is 3.63. The second-order valence-electron chi connectivity index (χ2n) is 7.28. The van der Waals surface area contributed by atoms with Crippen LogP contribution in [0.15, 0.2) is 41.3 Å². The van der Waals surface area contributed by atoms with Crippen molar-refractivity contribution in [1.82, 2.24) is 4.90 Å². The summed E-state index contributed by atoms with van der Waals surface area (Å²) in [5, 5.41) is -0.363. The van der Waals surface area contributed by atoms with E-state index in [2.05, 4.69) is 17.9 Å². The van der Waals surface area contributed by atoms with Gasteiger partial charge in [-0.15, -0.1) is 11.8 Å². The van der Waals surface area contributed by atoms with Crippen LogP contribution in [0, 0.1) is 6.92 Å². The number of benzene rings is 2. The van der Waals surface area contributed by atoms with Gasteiger partial charge in [-0.1, -0.05) is 6.07 Å². The van der Waals surface area contributed by atoms with E-state index in [1.54, 1.807) is 23.8 Å². The minimum Gasteiger partial charge on any atom is -0.497 e. The molecule has 28 heavy (non-hydrogen) atoms. The first-order valence-electron chi connectivity index (χ1n) is 9.41. The Hall–Kier alpha value is -2.18. The lowest BCUT2D eigenvalue weighted by atomic mass is 10.1. The highest BCUT2D eigenvalue weighted by Gasteiger charge is 2.34. The van der Waals surface area contributed by atoms with Gasteiger partial charge in [-0.05, 0) is 63.3 Å². The van der Waals surface area contributed by atoms with E-state index < -0.39 is 0 Å². The lowest BCUT2D eigenvalue weighted by Crippen LogP contribution is -2.34. The molecule has 6 heteroatoms. The molecule has 1 aliphatic heterocycles. The Bertz CT molecular complexity index is 854. The maximum atomic E-state index is 13.1. The van der Waals surface area contributed by atoms with Crippen LogP contribution in [-0.2, 0) is 4.79 Å². The second-order valence-corrected chi connectivity index (χ2v) is 8.42. The molecule has 5 nitrogen and oxygen atoms in total. The first kappa shape index (κ1) is 20.6. The molecule has 3 rings (SSSR count). The predicted molar refractivity (Wildman–Crippen MR) is 115 cm³/mol. The molecule has 0 fully saturated rings. The van der Waals surface area contributed by atoms with Crippen molar-refractivity contribution < 1.29 is 14.3 Å². The number of rotatable bonds is 7. The zero-order valence-electron chi connectivity index (χ0n) is 17.2. The van der Waals surface area contributed by atoms with Crippen molar-refractivity contribution >= 4 is 23.4 Å². The predicted octanol–water partition coefficient (Wildman–Crippen LogP) is 4.14. The van der Waals surface area contributed by atoms with Gasteiger partial charge in [0.2, 0.25) is 5.91 Å². The van der Waals surface area contributed by atoms with E-state index in [1.165, 1.54) is 5.56 Å². The molecule has 0 spiro atoms. The van der Waals surface area contributed by atoms with Gasteiger partial charge in [0.05, 0.1) is 19.4 Å². The largest absolute Gasteiger partial charge is 0.497 e. The Balaban J connectivity index is 1.91. The number of carbonyl (C=O) groups excluding carboxylic acids is 1. The molecule has 150 valence electrons. The third kappa shape index (κ3) is 4.45. The Morgan fingerprint density at radius 3 is 2.68 bits per heavy atom. The van der Waals surface area contributed by atoms with Gasteiger partial charge in [-0.3, -0.25) is 4.79 Å². The lowest BCUT2D eigenvalue weighted by Gasteiger charge is -2.32. The third-order valence-corrected chi connectivity index (χ3v) is 6.06. The number of fused-ring (bicyclic) bond motifs is 1. The Labute approximate surface area is 171 Å². The second kappa shape index (κ2) is 8.88. The number of carbonyl (C=O) groups is 1. The summed E-state index contributed by atoms with van der Waals surface area (Å²) in [6, 6.07) is 11.9. The monoisotopic (exact) mass is 400 g/mol. The maximum absolute atomic E-state index is 13.1. The summed E-state index contributed by atoms with van der Waals surface area (Å²) < 4.78 is 11.5. The van der Waals surface area contributed by atoms with Gasteiger partial charge in [0.15, 0.2) is 0 Å². The maximum Gasteiger partial charge on any atom is 0.244 e. The standard InChI is InChI=1S/C22H28N2O3S/c1-15-7-9-18-20(13-15)28-21(22(25)24(18)4)17-14-16(26-5)8-10-19(17)27-12-6-11-23(2)3/h7-10,13-14,21H,6,11-12H2,1-5H3. The first-order valence-corrected chi connectivity index (χ1v) is 10.3. The molecule has 2 aromatic carbocycles. The van der Waals surface area contributed by atoms with Crippen LogP contribution in [0.3, 0.4) is 0 Å². The lowest BCUT2D eigenvalue weighted by molar-refractivity contribution is -0.118. The van der Waals surface area contributed by atoms with Crippen LogP contribution in [0.4, 0.5) is 5.69 Å². The Morgan fingerprint density at radius 2 is 1.96 bits per heavy atom. The van der Waals surface area contributed by atoms with Gasteiger partial charge in [-0.25, -0.2) is 0 Å². The molecule has 0 radical (unpaired) electrons. The van der Waals surface area contributed by atoms with Crippen molar-refractivity contribution in [3.05, 3.63) is 47.5 Å². The minimum absolute atomic E-state index is 0.0488. The van der Waals surface area contributed by atoms with Gasteiger partial charge in [0.25, 0.3) is 0 Å². The van der Waals surface area contributed by atoms with E-state index in [9.17, 15) is 4.79 Å². The number of anilines is 1. The molecule has 1 unspecified atom stereocenters. The van der Waals surface area contributed by atoms with E-state index in [0.29, 0.717) is 6.61 Å². The average Bonchev–Trinajstić information content (AvgIpc) is 2.67. The number of amides is 1. The normalized spacial score (nSPS) is 16.3. The van der Waals surface area contributed by atoms with Crippen molar-refractivity contribution in [3.63, 3.8) is 0 Å². The smallest absolute Gasteiger partial charge is 0.244 e. The third-order valence-electron chi connectivity index (χ3n) is 4.78. The molecule has 2 aromatic rings. The molecule has 0 saturated heterocycles. The SMILES string of the molecule is COc1ccc(OCCCN(C)C)c(C2Sc3cc(C)ccc3N(C)C2=O)c1. The summed E-state index contributed by atoms with van der Waals surface area (Å²) in [6.07, 6.45) is 0.923. The summed E-state index contributed by atoms with van der Waals surface area (Å²) in [5.41, 5.74) is 2.99. The fourth-order valence-electron chi connectivity index (χ4n) is 3.21. The summed E-state index contributed by atoms with van der Waals surface area (Å²) in [7, 11) is 7.56. The van der Waals surface area contributed by atoms with Gasteiger partial charge in [-0.2, -0.15) is 0 Å². The first-order chi connectivity index (χ1) is 13.4. The van der Waals surface area contributed by atoms with Crippen LogP contribution >= 0.6 is 11.8 Å². The molecule has 0 N–H and O–H groups in total. The molecule has 1 atom stereocenters. The minimum atomic E-state index is -0.363. The zero-order chi connectivity index (χ0) is 20.3. The fraction of sp³-hybridized carbons (Fsp3) is 0.409. The van der Waals surface area contributed by atoms with Crippen LogP contribution < -0.4 is 14.4 Å². The van der Waals surface area contributed by atoms with Crippen molar-refractivity contribution in [1.29, 1.82) is 0 Å². The number of nitrogens with zero attached hydrogens (tertiary/aromatic N) is 2. The van der Waals surface area contributed by atoms with Crippen molar-refractivity contribution in [2.75, 3.05) is 46.3 Å². The summed E-state index contributed by atoms with van der Waals surface area (Å²) in [5.74, 6) is 1.52. The summed E-state index contributed by atoms with van der Waals surface area (Å²) in [4.78, 5) is 18.1. The Kier molecular flexibility index (Phi) is 6.52. The highest BCUT2D eigenvalue weighted by molar-refractivity contribution is 8.00. The van der Waals surface area contributed by atoms with E-state index in [-0.39, 0.29) is 11.2 Å². The zero-order valence-corrected chi connectivity index (χ0v) is 18.0. The average molecular weight is 401 g/mol. The van der Waals surface area contributed by atoms with E-state index in [0.717, 1.165) is 40.6 Å². The number of likely N-dealkylation sites (N-methyl/N-ethyl adjacent to an activating group) is 1. The quantitative estimate of drug-likeness (QED) is 0.654. The molecule has 1 heterocycles. The van der Waals surface area contributed by atoms with Gasteiger partial charge < -0.3 is 19.3 Å². The number of thioether (sulfide) groups is 1. The van der Waals surface area contributed by atoms with Crippen molar-refractivity contribution in [2.24, 2.45) is 0 Å². The number of aryl methyl sites for hydroxylation is 1. The van der Waals surface area contributed by atoms with Crippen LogP contribution in [0.1, 0.15) is 22.8 Å². The molecule has 0 saturated carbocycles. The van der Waals surface area contributed by atoms with E-state index in [1.807, 2.05) is 51.5 Å². The van der Waals surface area contributed by atoms with E-state index >= 15 is 0 Å². The molecule has 0 aliphatic carbocycles. The van der Waals surface area contributed by atoms with Crippen molar-refractivity contribution in [2.45, 2.75) is 23.5 Å². The van der Waals surface area contributed by atoms with Crippen LogP contribution in [0.5, 0.6) is 11.5 Å². The summed E-state index contributed by atoms with van der Waals surface area (Å²) >= 11 is 1.58. The molecular formula is C22H28N2O3S. The Morgan fingerprint density at radius 1 is 1.18 bits per heavy atom. The number of hydrogen-bond acceptors (Lipinski definition) is 5. The highest BCUT2D eigenvalue weighted by Crippen LogP contribution is 2.49. The molecule has 0 bridgehead atoms. The highest BCUT2D eigenvalue weighted by atomic mass is 32.2. The fourth-order valence-corrected chi connectivity index (χ4v) is 4.62. The van der Waals surface area contributed by atoms with Gasteiger partial charge >= 0.3 is 0 Å². The van der Waals surface area contributed by atoms with Crippen LogP contribution in [0.25, 0.3) is 0 Å². The van der Waals surface area contributed by atoms with Crippen LogP contribution in [0.2, 0.25) is 0 Å². The van der Waals surface area contributed by atoms with Crippen molar-refractivity contribution in [3.8, 4) is 11.5 Å². The van der Waals surface area contributed by atoms with Gasteiger partial charge in [0.1, 0.15) is 16.7 Å². The number of ether oxygens (including phenoxy) is 2. The molecule has 0 aromatic heterocycles. The van der Waals surface area contributed by atoms with Gasteiger partial charge in [0, 0.05) is 24.1 Å². The molecule has 1 amide bonds. The molecular weight excluding hydrogens is 372 g/mol. The number of hydrogen-bond donors (Lipinski definition) is 0. The van der Waals surface area contributed by atoms with E-state index in [4.69, 9.17) is 9.47 Å². The molecule has 1 aliphatic rings. The number of methoxy groups -OCH3 is 1. The van der Waals surface area contributed by atoms with Crippen LogP contribution in [-0.4, -0.2) is 52.2 Å².